The number of hydrogen-bond acceptors (Lipinski definition) is 27. The Balaban J connectivity index is -0.00000000872. The third-order valence-electron chi connectivity index (χ3n) is 0. The Morgan fingerprint density at radius 2 is 0.250 bits per heavy atom. The Kier molecular flexibility index (Phi) is 376. The molecule has 0 aromatic rings. The first-order valence-corrected chi connectivity index (χ1v) is 16.5. The van der Waals surface area contributed by atoms with Crippen LogP contribution in [0.4, 0.5) is 0 Å². The van der Waals surface area contributed by atoms with Gasteiger partial charge in [0.15, 0.2) is 0 Å². The summed E-state index contributed by atoms with van der Waals surface area (Å²) in [5.41, 5.74) is 0. The summed E-state index contributed by atoms with van der Waals surface area (Å²) in [7, 11) is -32.7. The molecule has 0 amide bonds. The van der Waals surface area contributed by atoms with Gasteiger partial charge in [-0.2, -0.15) is 0 Å². The second-order valence-electron chi connectivity index (χ2n) is 2.25. The van der Waals surface area contributed by atoms with Gasteiger partial charge >= 0.3 is 370 Å². The second-order valence-corrected chi connectivity index (χ2v) is 6.75. The largest absolute Gasteiger partial charge is 3.00 e. The van der Waals surface area contributed by atoms with Gasteiger partial charge in [-0.1, -0.05) is 0 Å². The van der Waals surface area contributed by atoms with Crippen molar-refractivity contribution in [3.05, 3.63) is 0 Å². The van der Waals surface area contributed by atoms with Gasteiger partial charge in [-0.15, -0.1) is 0 Å². The van der Waals surface area contributed by atoms with Gasteiger partial charge in [0.2, 0.25) is 0 Å². The van der Waals surface area contributed by atoms with Crippen molar-refractivity contribution in [1.82, 2.24) is 0 Å². The van der Waals surface area contributed by atoms with Crippen LogP contribution in [0.2, 0.25) is 0 Å². The van der Waals surface area contributed by atoms with Crippen LogP contribution in [0.1, 0.15) is 0 Å². The van der Waals surface area contributed by atoms with Crippen molar-refractivity contribution in [2.45, 2.75) is 0 Å². The smallest absolute Gasteiger partial charge is 0.672 e. The summed E-state index contributed by atoms with van der Waals surface area (Å²) >= 11 is 0. The van der Waals surface area contributed by atoms with Gasteiger partial charge in [0.05, 0.1) is 0 Å². The molecule has 0 fully saturated rings. The van der Waals surface area contributed by atoms with Crippen LogP contribution in [0.15, 0.2) is 0 Å². The predicted octanol–water partition coefficient (Wildman–Crippen LogP) is -41.8. The van der Waals surface area contributed by atoms with E-state index in [4.69, 9.17) is 126 Å². The molecule has 0 rings (SSSR count). The van der Waals surface area contributed by atoms with Crippen LogP contribution in [0, 0.1) is 0 Å². The average Bonchev–Trinajstić information content (AvgIpc) is 2.39. The van der Waals surface area contributed by atoms with Crippen molar-refractivity contribution in [3.8, 4) is 0 Å². The normalized spacial score (nSPS) is 4.50. The van der Waals surface area contributed by atoms with Gasteiger partial charge in [0.1, 0.15) is 0 Å². The minimum absolute atomic E-state index is 0. The predicted molar refractivity (Wildman–Crippen MR) is 99.7 cm³/mol. The molecular weight excluding hydrogens is 1250 g/mol. The minimum atomic E-state index is -3.63. The van der Waals surface area contributed by atoms with E-state index in [0.717, 1.165) is 0 Å². The van der Waals surface area contributed by atoms with E-state index in [1.165, 1.54) is 0 Å². The molecule has 0 unspecified atom stereocenters. The van der Waals surface area contributed by atoms with Crippen molar-refractivity contribution in [2.24, 2.45) is 0 Å². The van der Waals surface area contributed by atoms with E-state index < -0.39 is 82.5 Å². The summed E-state index contributed by atoms with van der Waals surface area (Å²) < 4.78 is 76.7. The summed E-state index contributed by atoms with van der Waals surface area (Å²) in [5.74, 6) is 0. The fourth-order valence-corrected chi connectivity index (χ4v) is 0. The summed E-state index contributed by atoms with van der Waals surface area (Å²) in [4.78, 5) is 153. The number of rotatable bonds is 0. The van der Waals surface area contributed by atoms with Crippen LogP contribution in [0.25, 0.3) is 0 Å². The molecule has 4 N–H and O–H groups in total. The molecule has 0 radical (unpaired) electrons. The van der Waals surface area contributed by atoms with Gasteiger partial charge in [-0.05, 0) is 0 Å². The molecule has 0 saturated carbocycles. The van der Waals surface area contributed by atoms with Crippen molar-refractivity contribution in [1.29, 1.82) is 0 Å². The minimum Gasteiger partial charge on any atom is -0.672 e. The molecule has 29 nitrogen and oxygen atoms in total. The zero-order valence-electron chi connectivity index (χ0n) is 24.5. The molecule has 48 heavy (non-hydrogen) atoms. The maximum absolute atomic E-state index is 8.52. The van der Waals surface area contributed by atoms with Gasteiger partial charge in [0.25, 0.3) is 0 Å². The zero-order chi connectivity index (χ0) is 32.2. The molecule has 0 bridgehead atoms. The molecule has 232 valence electrons. The van der Waals surface area contributed by atoms with Gasteiger partial charge in [-0.3, -0.25) is 0 Å². The van der Waals surface area contributed by atoms with E-state index >= 15 is 0 Å². The first-order chi connectivity index (χ1) is 15.6. The van der Waals surface area contributed by atoms with Gasteiger partial charge < -0.3 is 137 Å². The molecule has 0 spiro atoms. The van der Waals surface area contributed by atoms with Crippen LogP contribution in [-0.2, 0) is 40.2 Å². The maximum Gasteiger partial charge on any atom is 3.00 e. The zero-order valence-corrected chi connectivity index (χ0v) is 59.4. The van der Waals surface area contributed by atoms with Crippen LogP contribution >= 0.6 is 0 Å². The van der Waals surface area contributed by atoms with E-state index in [1.807, 2.05) is 0 Å². The first kappa shape index (κ1) is 138. The van der Waals surface area contributed by atoms with Crippen molar-refractivity contribution in [2.75, 3.05) is 0 Å². The van der Waals surface area contributed by atoms with Crippen LogP contribution in [0.3, 0.4) is 0 Å². The Hall–Kier alpha value is 8.47. The Bertz CT molecular complexity index is 467. The summed E-state index contributed by atoms with van der Waals surface area (Å²) in [6.45, 7) is 0. The third-order valence-corrected chi connectivity index (χ3v) is 0. The quantitative estimate of drug-likeness (QED) is 0.203. The fraction of sp³-hybridized carbons (Fsp3) is 0. The monoisotopic (exact) mass is 1250 g/mol. The van der Waals surface area contributed by atoms with E-state index in [9.17, 15) is 0 Å². The molecule has 0 aromatic heterocycles. The van der Waals surface area contributed by atoms with Crippen LogP contribution in [0.5, 0.6) is 0 Å². The van der Waals surface area contributed by atoms with Crippen LogP contribution < -0.4 is 248 Å². The SMILES string of the molecule is O.O.O=[Si]([O-])[O-].O=[Si]([O-])[O-].O=[Si]([O-])[O-].O=[Si]([O-])[O-].O=[Si]([O-])[O-].O=[Si]([O-])[O-].O=[Si]([O-])[O-].O=[Si]([O-])[O-].O=[Si]([O-])[O-].[Al+3].[Al+3].[Ba+2].[Ba+2].[Ca+2].[Ca+2].[K+].[K+].[Na+].[Na+]. The second kappa shape index (κ2) is 131. The number of hydrogen-bond donors (Lipinski definition) is 0. The molecule has 0 aliphatic heterocycles. The fourth-order valence-electron chi connectivity index (χ4n) is 0. The van der Waals surface area contributed by atoms with Gasteiger partial charge in [-0.25, -0.2) is 0 Å². The summed E-state index contributed by atoms with van der Waals surface area (Å²) in [6.07, 6.45) is 0. The summed E-state index contributed by atoms with van der Waals surface area (Å²) in [5, 5.41) is 0. The Labute approximate surface area is 574 Å². The molecule has 0 aliphatic rings. The van der Waals surface area contributed by atoms with E-state index in [1.54, 1.807) is 0 Å². The molecule has 0 aromatic carbocycles. The van der Waals surface area contributed by atoms with E-state index in [2.05, 4.69) is 0 Å². The van der Waals surface area contributed by atoms with Gasteiger partial charge in [0, 0.05) is 82.5 Å². The molecule has 0 heterocycles. The van der Waals surface area contributed by atoms with E-state index in [-0.39, 0.29) is 381 Å². The van der Waals surface area contributed by atoms with Crippen molar-refractivity contribution < 1.29 is 299 Å². The average molecular weight is 1250 g/mol. The summed E-state index contributed by atoms with van der Waals surface area (Å²) in [6, 6.07) is 0. The maximum atomic E-state index is 8.52. The molecule has 0 saturated heterocycles. The molecule has 48 heteroatoms. The van der Waals surface area contributed by atoms with Crippen molar-refractivity contribution >= 4 is 290 Å². The molecule has 0 aliphatic carbocycles. The van der Waals surface area contributed by atoms with Crippen molar-refractivity contribution in [3.63, 3.8) is 0 Å². The third kappa shape index (κ3) is 2170. The Morgan fingerprint density at radius 3 is 0.250 bits per heavy atom. The first-order valence-electron chi connectivity index (χ1n) is 5.51. The Morgan fingerprint density at radius 1 is 0.250 bits per heavy atom. The van der Waals surface area contributed by atoms with Crippen LogP contribution in [-0.4, -0.2) is 301 Å². The standard InChI is InChI=1S/2Al.2Ba.2Ca.2K.2Na.9O3Si.2H2O/c;;;;;;;;;;9*1-4(2)3;;/h;;;;;;;;;;;;;;;;;;;2*1H2/q2*+3;4*+2;4*+1;9*-2;;. The topological polar surface area (TPSA) is 632 Å². The molecular formula is H4Al2Ba2Ca2K2Na2O29Si9. The van der Waals surface area contributed by atoms with E-state index in [0.29, 0.717) is 0 Å². The molecule has 0 atom stereocenters.